The third kappa shape index (κ3) is 8.84. The zero-order chi connectivity index (χ0) is 31.6. The summed E-state index contributed by atoms with van der Waals surface area (Å²) < 4.78 is 27.4. The largest absolute Gasteiger partial charge is 0.354 e. The van der Waals surface area contributed by atoms with Gasteiger partial charge in [0.2, 0.25) is 21.8 Å². The Morgan fingerprint density at radius 1 is 0.844 bits per heavy atom. The molecule has 9 heteroatoms. The van der Waals surface area contributed by atoms with Crippen LogP contribution in [0, 0.1) is 0 Å². The number of aryl methyl sites for hydroxylation is 1. The first-order valence-corrected chi connectivity index (χ1v) is 17.8. The van der Waals surface area contributed by atoms with Crippen LogP contribution in [-0.2, 0) is 32.6 Å². The molecule has 2 amide bonds. The van der Waals surface area contributed by atoms with E-state index in [1.807, 2.05) is 42.5 Å². The molecule has 0 aromatic heterocycles. The quantitative estimate of drug-likeness (QED) is 0.206. The predicted molar refractivity (Wildman–Crippen MR) is 178 cm³/mol. The zero-order valence-corrected chi connectivity index (χ0v) is 27.2. The molecule has 1 aliphatic carbocycles. The van der Waals surface area contributed by atoms with Gasteiger partial charge in [-0.25, -0.2) is 8.42 Å². The van der Waals surface area contributed by atoms with Crippen LogP contribution in [0.25, 0.3) is 0 Å². The molecule has 1 unspecified atom stereocenters. The van der Waals surface area contributed by atoms with E-state index in [1.54, 1.807) is 41.3 Å². The molecule has 1 heterocycles. The average Bonchev–Trinajstić information content (AvgIpc) is 3.62. The lowest BCUT2D eigenvalue weighted by atomic mass is 9.97. The van der Waals surface area contributed by atoms with Gasteiger partial charge in [0, 0.05) is 37.6 Å². The number of benzene rings is 3. The molecule has 3 aromatic rings. The third-order valence-corrected chi connectivity index (χ3v) is 10.8. The highest BCUT2D eigenvalue weighted by Gasteiger charge is 2.31. The Morgan fingerprint density at radius 3 is 2.20 bits per heavy atom. The van der Waals surface area contributed by atoms with E-state index in [0.29, 0.717) is 31.1 Å². The molecule has 0 spiro atoms. The number of rotatable bonds is 13. The molecule has 1 aliphatic heterocycles. The predicted octanol–water partition coefficient (Wildman–Crippen LogP) is 6.83. The van der Waals surface area contributed by atoms with Crippen molar-refractivity contribution in [2.75, 3.05) is 19.6 Å². The summed E-state index contributed by atoms with van der Waals surface area (Å²) in [4.78, 5) is 29.8. The molecule has 0 saturated carbocycles. The lowest BCUT2D eigenvalue weighted by Crippen LogP contribution is -2.43. The number of amides is 2. The summed E-state index contributed by atoms with van der Waals surface area (Å²) in [5, 5.41) is 3.72. The second kappa shape index (κ2) is 15.7. The van der Waals surface area contributed by atoms with Gasteiger partial charge in [-0.2, -0.15) is 4.31 Å². The molecule has 5 rings (SSSR count). The minimum atomic E-state index is -3.50. The van der Waals surface area contributed by atoms with Crippen molar-refractivity contribution >= 4 is 33.4 Å². The number of halogens is 1. The van der Waals surface area contributed by atoms with Gasteiger partial charge in [-0.15, -0.1) is 0 Å². The van der Waals surface area contributed by atoms with E-state index in [9.17, 15) is 18.0 Å². The van der Waals surface area contributed by atoms with Gasteiger partial charge in [0.05, 0.1) is 4.90 Å². The monoisotopic (exact) mass is 647 g/mol. The number of allylic oxidation sites excluding steroid dienone is 1. The summed E-state index contributed by atoms with van der Waals surface area (Å²) in [6, 6.07) is 22.7. The number of carbonyl (C=O) groups excluding carboxylic acids is 2. The van der Waals surface area contributed by atoms with E-state index in [4.69, 9.17) is 11.6 Å². The number of hydrogen-bond acceptors (Lipinski definition) is 4. The van der Waals surface area contributed by atoms with Gasteiger partial charge < -0.3 is 10.2 Å². The minimum absolute atomic E-state index is 0.162. The number of nitrogens with one attached hydrogen (secondary N) is 1. The lowest BCUT2D eigenvalue weighted by molar-refractivity contribution is -0.141. The Bertz CT molecular complexity index is 1570. The standard InChI is InChI=1S/C36H42ClN3O4S/c37-32-18-13-30(14-19-32)27-40(34(41)22-17-29-15-20-33(21-16-29)45(43,44)39-25-7-8-26-39)35(31-11-5-2-6-12-31)36(42)38-24-23-28-9-3-1-4-10-28/h2,5-6,9,11-16,18-21,35H,1,3-4,7-8,10,17,22-27H2,(H,38,42). The molecule has 2 aliphatic rings. The van der Waals surface area contributed by atoms with Crippen molar-refractivity contribution in [3.63, 3.8) is 0 Å². The van der Waals surface area contributed by atoms with Crippen LogP contribution in [0.15, 0.2) is 95.4 Å². The van der Waals surface area contributed by atoms with Crippen molar-refractivity contribution in [1.29, 1.82) is 0 Å². The van der Waals surface area contributed by atoms with Gasteiger partial charge in [0.25, 0.3) is 0 Å². The van der Waals surface area contributed by atoms with Gasteiger partial charge in [-0.1, -0.05) is 77.8 Å². The van der Waals surface area contributed by atoms with Gasteiger partial charge in [0.1, 0.15) is 6.04 Å². The van der Waals surface area contributed by atoms with E-state index in [1.165, 1.54) is 22.7 Å². The van der Waals surface area contributed by atoms with Gasteiger partial charge in [0.15, 0.2) is 0 Å². The van der Waals surface area contributed by atoms with Crippen molar-refractivity contribution in [2.45, 2.75) is 75.3 Å². The van der Waals surface area contributed by atoms with Crippen LogP contribution in [0.5, 0.6) is 0 Å². The first-order valence-electron chi connectivity index (χ1n) is 15.9. The number of carbonyl (C=O) groups is 2. The maximum Gasteiger partial charge on any atom is 0.247 e. The third-order valence-electron chi connectivity index (χ3n) is 8.65. The van der Waals surface area contributed by atoms with Crippen molar-refractivity contribution in [2.24, 2.45) is 0 Å². The maximum atomic E-state index is 14.0. The van der Waals surface area contributed by atoms with Crippen molar-refractivity contribution in [3.05, 3.63) is 112 Å². The minimum Gasteiger partial charge on any atom is -0.354 e. The van der Waals surface area contributed by atoms with E-state index < -0.39 is 16.1 Å². The zero-order valence-electron chi connectivity index (χ0n) is 25.7. The molecular weight excluding hydrogens is 606 g/mol. The number of nitrogens with zero attached hydrogens (tertiary/aromatic N) is 2. The van der Waals surface area contributed by atoms with Crippen molar-refractivity contribution in [3.8, 4) is 0 Å². The average molecular weight is 648 g/mol. The fraction of sp³-hybridized carbons (Fsp3) is 0.389. The Hall–Kier alpha value is -3.46. The molecule has 1 fully saturated rings. The Kier molecular flexibility index (Phi) is 11.5. The molecule has 0 radical (unpaired) electrons. The van der Waals surface area contributed by atoms with Crippen LogP contribution in [0.3, 0.4) is 0 Å². The highest BCUT2D eigenvalue weighted by Crippen LogP contribution is 2.27. The molecule has 0 bridgehead atoms. The topological polar surface area (TPSA) is 86.8 Å². The first-order chi connectivity index (χ1) is 21.8. The second-order valence-corrected chi connectivity index (χ2v) is 14.2. The van der Waals surface area contributed by atoms with Crippen molar-refractivity contribution in [1.82, 2.24) is 14.5 Å². The Balaban J connectivity index is 1.34. The van der Waals surface area contributed by atoms with Gasteiger partial charge in [-0.05, 0) is 92.3 Å². The second-order valence-electron chi connectivity index (χ2n) is 11.9. The molecule has 1 saturated heterocycles. The molecule has 1 N–H and O–H groups in total. The first kappa shape index (κ1) is 32.9. The summed E-state index contributed by atoms with van der Waals surface area (Å²) in [5.41, 5.74) is 3.85. The smallest absolute Gasteiger partial charge is 0.247 e. The highest BCUT2D eigenvalue weighted by molar-refractivity contribution is 7.89. The molecule has 238 valence electrons. The van der Waals surface area contributed by atoms with Crippen LogP contribution >= 0.6 is 11.6 Å². The molecule has 1 atom stereocenters. The van der Waals surface area contributed by atoms with E-state index in [2.05, 4.69) is 11.4 Å². The maximum absolute atomic E-state index is 14.0. The summed E-state index contributed by atoms with van der Waals surface area (Å²) >= 11 is 6.14. The van der Waals surface area contributed by atoms with Crippen molar-refractivity contribution < 1.29 is 18.0 Å². The van der Waals surface area contributed by atoms with Crippen LogP contribution in [0.2, 0.25) is 5.02 Å². The fourth-order valence-electron chi connectivity index (χ4n) is 6.09. The van der Waals surface area contributed by atoms with Gasteiger partial charge in [-0.3, -0.25) is 9.59 Å². The molecular formula is C36H42ClN3O4S. The summed E-state index contributed by atoms with van der Waals surface area (Å²) in [7, 11) is -3.50. The summed E-state index contributed by atoms with van der Waals surface area (Å²) in [6.07, 6.45) is 10.0. The number of hydrogen-bond donors (Lipinski definition) is 1. The summed E-state index contributed by atoms with van der Waals surface area (Å²) in [5.74, 6) is -0.380. The Morgan fingerprint density at radius 2 is 1.53 bits per heavy atom. The van der Waals surface area contributed by atoms with Crippen LogP contribution in [0.1, 0.15) is 74.1 Å². The Labute approximate surface area is 272 Å². The SMILES string of the molecule is O=C(NCCC1=CCCCC1)C(c1ccccc1)N(Cc1ccc(Cl)cc1)C(=O)CCc1ccc(S(=O)(=O)N2CCCC2)cc1. The van der Waals surface area contributed by atoms with Gasteiger partial charge >= 0.3 is 0 Å². The molecule has 7 nitrogen and oxygen atoms in total. The molecule has 45 heavy (non-hydrogen) atoms. The fourth-order valence-corrected chi connectivity index (χ4v) is 7.74. The lowest BCUT2D eigenvalue weighted by Gasteiger charge is -2.32. The summed E-state index contributed by atoms with van der Waals surface area (Å²) in [6.45, 7) is 1.86. The highest BCUT2D eigenvalue weighted by atomic mass is 35.5. The van der Waals surface area contributed by atoms with E-state index in [0.717, 1.165) is 48.8 Å². The van der Waals surface area contributed by atoms with Crippen LogP contribution < -0.4 is 5.32 Å². The molecule has 3 aromatic carbocycles. The van der Waals surface area contributed by atoms with Crippen LogP contribution in [0.4, 0.5) is 0 Å². The van der Waals surface area contributed by atoms with Crippen LogP contribution in [-0.4, -0.2) is 49.1 Å². The van der Waals surface area contributed by atoms with E-state index in [-0.39, 0.29) is 29.7 Å². The van der Waals surface area contributed by atoms with E-state index >= 15 is 0 Å². The normalized spacial score (nSPS) is 16.2. The number of sulfonamides is 1.